The van der Waals surface area contributed by atoms with Gasteiger partial charge in [-0.25, -0.2) is 8.42 Å². The molecule has 1 atom stereocenters. The number of ether oxygens (including phenoxy) is 2. The molecule has 3 aromatic rings. The molecular formula is C32H38ClN3O6S. The third-order valence-electron chi connectivity index (χ3n) is 7.61. The van der Waals surface area contributed by atoms with Crippen LogP contribution >= 0.6 is 11.6 Å². The summed E-state index contributed by atoms with van der Waals surface area (Å²) in [6.45, 7) is 1.36. The molecule has 11 heteroatoms. The molecule has 1 aliphatic carbocycles. The summed E-state index contributed by atoms with van der Waals surface area (Å²) < 4.78 is 39.6. The molecule has 0 spiro atoms. The zero-order valence-corrected chi connectivity index (χ0v) is 26.2. The lowest BCUT2D eigenvalue weighted by atomic mass is 10.1. The fraction of sp³-hybridized carbons (Fsp3) is 0.375. The summed E-state index contributed by atoms with van der Waals surface area (Å²) in [5, 5.41) is 3.31. The maximum atomic E-state index is 14.3. The van der Waals surface area contributed by atoms with E-state index in [0.717, 1.165) is 35.6 Å². The minimum absolute atomic E-state index is 0.0140. The van der Waals surface area contributed by atoms with E-state index in [1.165, 1.54) is 36.3 Å². The van der Waals surface area contributed by atoms with Crippen molar-refractivity contribution in [2.75, 3.05) is 25.1 Å². The van der Waals surface area contributed by atoms with Crippen molar-refractivity contribution in [1.82, 2.24) is 10.2 Å². The van der Waals surface area contributed by atoms with Crippen molar-refractivity contribution in [3.05, 3.63) is 83.4 Å². The highest BCUT2D eigenvalue weighted by Crippen LogP contribution is 2.32. The molecule has 0 aromatic heterocycles. The summed E-state index contributed by atoms with van der Waals surface area (Å²) >= 11 is 6.39. The summed E-state index contributed by atoms with van der Waals surface area (Å²) in [5.74, 6) is 0.177. The van der Waals surface area contributed by atoms with E-state index in [4.69, 9.17) is 21.1 Å². The lowest BCUT2D eigenvalue weighted by Gasteiger charge is -2.34. The summed E-state index contributed by atoms with van der Waals surface area (Å²) in [7, 11) is -1.20. The maximum Gasteiger partial charge on any atom is 0.264 e. The molecule has 0 radical (unpaired) electrons. The number of rotatable bonds is 13. The van der Waals surface area contributed by atoms with Gasteiger partial charge in [-0.2, -0.15) is 0 Å². The Bertz CT molecular complexity index is 1510. The molecule has 1 fully saturated rings. The first-order valence-corrected chi connectivity index (χ1v) is 16.1. The predicted molar refractivity (Wildman–Crippen MR) is 167 cm³/mol. The van der Waals surface area contributed by atoms with Gasteiger partial charge in [0.25, 0.3) is 10.0 Å². The number of hydrogen-bond acceptors (Lipinski definition) is 6. The number of nitrogens with zero attached hydrogens (tertiary/aromatic N) is 2. The lowest BCUT2D eigenvalue weighted by Crippen LogP contribution is -2.53. The molecule has 43 heavy (non-hydrogen) atoms. The van der Waals surface area contributed by atoms with E-state index in [-0.39, 0.29) is 34.1 Å². The minimum Gasteiger partial charge on any atom is -0.497 e. The standard InChI is InChI=1S/C32H38ClN3O6S/c1-4-29(32(38)34-24-12-8-9-13-24)35(21-23-11-10-14-26(19-23)41-2)31(37)22-36(25-17-18-30(42-3)28(33)20-25)43(39,40)27-15-6-5-7-16-27/h5-7,10-11,14-20,24,29H,4,8-9,12-13,21-22H2,1-3H3,(H,34,38)/t29-/m0/s1. The van der Waals surface area contributed by atoms with Crippen LogP contribution in [0.15, 0.2) is 77.7 Å². The predicted octanol–water partition coefficient (Wildman–Crippen LogP) is 5.42. The number of halogens is 1. The second-order valence-electron chi connectivity index (χ2n) is 10.4. The molecular weight excluding hydrogens is 590 g/mol. The first-order chi connectivity index (χ1) is 20.7. The van der Waals surface area contributed by atoms with Gasteiger partial charge < -0.3 is 19.7 Å². The SMILES string of the molecule is CC[C@@H](C(=O)NC1CCCC1)N(Cc1cccc(OC)c1)C(=O)CN(c1ccc(OC)c(Cl)c1)S(=O)(=O)c1ccccc1. The van der Waals surface area contributed by atoms with Crippen molar-refractivity contribution in [3.63, 3.8) is 0 Å². The first kappa shape index (κ1) is 32.2. The van der Waals surface area contributed by atoms with Crippen LogP contribution in [-0.2, 0) is 26.2 Å². The molecule has 0 saturated heterocycles. The van der Waals surface area contributed by atoms with Crippen LogP contribution in [0.1, 0.15) is 44.6 Å². The molecule has 230 valence electrons. The van der Waals surface area contributed by atoms with Gasteiger partial charge in [-0.3, -0.25) is 13.9 Å². The fourth-order valence-electron chi connectivity index (χ4n) is 5.31. The Morgan fingerprint density at radius 1 is 0.977 bits per heavy atom. The molecule has 0 heterocycles. The van der Waals surface area contributed by atoms with Gasteiger partial charge in [0.1, 0.15) is 24.1 Å². The van der Waals surface area contributed by atoms with E-state index in [2.05, 4.69) is 5.32 Å². The number of benzene rings is 3. The Kier molecular flexibility index (Phi) is 10.9. The molecule has 3 aromatic carbocycles. The number of sulfonamides is 1. The van der Waals surface area contributed by atoms with Gasteiger partial charge in [0.15, 0.2) is 0 Å². The Balaban J connectivity index is 1.74. The van der Waals surface area contributed by atoms with Crippen molar-refractivity contribution in [3.8, 4) is 11.5 Å². The normalized spacial score (nSPS) is 14.1. The van der Waals surface area contributed by atoms with Gasteiger partial charge in [0.2, 0.25) is 11.8 Å². The van der Waals surface area contributed by atoms with Crippen molar-refractivity contribution in [1.29, 1.82) is 0 Å². The quantitative estimate of drug-likeness (QED) is 0.271. The van der Waals surface area contributed by atoms with E-state index in [0.29, 0.717) is 17.9 Å². The monoisotopic (exact) mass is 627 g/mol. The Morgan fingerprint density at radius 3 is 2.33 bits per heavy atom. The van der Waals surface area contributed by atoms with Crippen LogP contribution in [0.3, 0.4) is 0 Å². The van der Waals surface area contributed by atoms with Gasteiger partial charge >= 0.3 is 0 Å². The number of methoxy groups -OCH3 is 2. The molecule has 0 bridgehead atoms. The number of carbonyl (C=O) groups is 2. The minimum atomic E-state index is -4.21. The molecule has 0 aliphatic heterocycles. The van der Waals surface area contributed by atoms with Crippen molar-refractivity contribution in [2.24, 2.45) is 0 Å². The second kappa shape index (κ2) is 14.6. The van der Waals surface area contributed by atoms with Crippen LogP contribution in [0.4, 0.5) is 5.69 Å². The lowest BCUT2D eigenvalue weighted by molar-refractivity contribution is -0.140. The smallest absolute Gasteiger partial charge is 0.264 e. The number of hydrogen-bond donors (Lipinski definition) is 1. The van der Waals surface area contributed by atoms with Crippen LogP contribution < -0.4 is 19.1 Å². The zero-order chi connectivity index (χ0) is 31.0. The molecule has 0 unspecified atom stereocenters. The van der Waals surface area contributed by atoms with E-state index in [1.807, 2.05) is 19.1 Å². The highest BCUT2D eigenvalue weighted by atomic mass is 35.5. The van der Waals surface area contributed by atoms with Crippen molar-refractivity contribution in [2.45, 2.75) is 62.6 Å². The van der Waals surface area contributed by atoms with Crippen LogP contribution in [0.25, 0.3) is 0 Å². The Morgan fingerprint density at radius 2 is 1.70 bits per heavy atom. The van der Waals surface area contributed by atoms with E-state index >= 15 is 0 Å². The van der Waals surface area contributed by atoms with Crippen LogP contribution in [0.5, 0.6) is 11.5 Å². The van der Waals surface area contributed by atoms with Crippen LogP contribution in [0.2, 0.25) is 5.02 Å². The fourth-order valence-corrected chi connectivity index (χ4v) is 6.99. The molecule has 9 nitrogen and oxygen atoms in total. The van der Waals surface area contributed by atoms with E-state index in [1.54, 1.807) is 43.5 Å². The number of anilines is 1. The topological polar surface area (TPSA) is 105 Å². The second-order valence-corrected chi connectivity index (χ2v) is 12.7. The van der Waals surface area contributed by atoms with Crippen LogP contribution in [-0.4, -0.2) is 58.0 Å². The average Bonchev–Trinajstić information content (AvgIpc) is 3.53. The summed E-state index contributed by atoms with van der Waals surface area (Å²) in [6.07, 6.45) is 4.23. The maximum absolute atomic E-state index is 14.3. The summed E-state index contributed by atoms with van der Waals surface area (Å²) in [6, 6.07) is 18.9. The van der Waals surface area contributed by atoms with Gasteiger partial charge in [0.05, 0.1) is 29.8 Å². The number of amides is 2. The molecule has 2 amide bonds. The third kappa shape index (κ3) is 7.80. The number of carbonyl (C=O) groups excluding carboxylic acids is 2. The van der Waals surface area contributed by atoms with Gasteiger partial charge in [0, 0.05) is 12.6 Å². The molecule has 4 rings (SSSR count). The molecule has 1 aliphatic rings. The van der Waals surface area contributed by atoms with Gasteiger partial charge in [-0.15, -0.1) is 0 Å². The molecule has 1 saturated carbocycles. The Labute approximate surface area is 258 Å². The average molecular weight is 628 g/mol. The first-order valence-electron chi connectivity index (χ1n) is 14.3. The highest BCUT2D eigenvalue weighted by Gasteiger charge is 2.34. The zero-order valence-electron chi connectivity index (χ0n) is 24.7. The summed E-state index contributed by atoms with van der Waals surface area (Å²) in [5.41, 5.74) is 0.928. The Hall–Kier alpha value is -3.76. The number of nitrogens with one attached hydrogen (secondary N) is 1. The van der Waals surface area contributed by atoms with E-state index < -0.39 is 28.5 Å². The molecule has 1 N–H and O–H groups in total. The van der Waals surface area contributed by atoms with E-state index in [9.17, 15) is 18.0 Å². The highest BCUT2D eigenvalue weighted by molar-refractivity contribution is 7.92. The summed E-state index contributed by atoms with van der Waals surface area (Å²) in [4.78, 5) is 29.3. The van der Waals surface area contributed by atoms with Crippen molar-refractivity contribution < 1.29 is 27.5 Å². The van der Waals surface area contributed by atoms with Crippen LogP contribution in [0, 0.1) is 0 Å². The van der Waals surface area contributed by atoms with Gasteiger partial charge in [-0.05, 0) is 67.3 Å². The third-order valence-corrected chi connectivity index (χ3v) is 9.69. The van der Waals surface area contributed by atoms with Gasteiger partial charge in [-0.1, -0.05) is 61.7 Å². The van der Waals surface area contributed by atoms with Crippen molar-refractivity contribution >= 4 is 39.1 Å². The largest absolute Gasteiger partial charge is 0.497 e.